The lowest BCUT2D eigenvalue weighted by Crippen LogP contribution is -2.22. The molecule has 0 fully saturated rings. The van der Waals surface area contributed by atoms with Crippen molar-refractivity contribution in [1.29, 1.82) is 0 Å². The fourth-order valence-corrected chi connectivity index (χ4v) is 2.06. The predicted octanol–water partition coefficient (Wildman–Crippen LogP) is 2.00. The number of nitrogens with two attached hydrogens (primary N) is 1. The standard InChI is InChI=1S/C12H7ClF2N4O/c13-6-3-7(14)9(4-8(6)16)19-11(20)5-10(15)18-2-1-17-12(18)19/h1-5H,16H2. The monoisotopic (exact) mass is 296 g/mol. The molecule has 8 heteroatoms. The molecule has 0 radical (unpaired) electrons. The van der Waals surface area contributed by atoms with E-state index in [4.69, 9.17) is 17.3 Å². The van der Waals surface area contributed by atoms with Crippen molar-refractivity contribution in [1.82, 2.24) is 14.0 Å². The number of fused-ring (bicyclic) bond motifs is 1. The van der Waals surface area contributed by atoms with E-state index >= 15 is 0 Å². The SMILES string of the molecule is Nc1cc(-n2c(=O)cc(F)n3ccnc23)c(F)cc1Cl. The van der Waals surface area contributed by atoms with Gasteiger partial charge >= 0.3 is 0 Å². The zero-order chi connectivity index (χ0) is 14.4. The Morgan fingerprint density at radius 2 is 2.00 bits per heavy atom. The van der Waals surface area contributed by atoms with E-state index in [-0.39, 0.29) is 22.2 Å². The van der Waals surface area contributed by atoms with Gasteiger partial charge in [0.2, 0.25) is 11.7 Å². The van der Waals surface area contributed by atoms with E-state index < -0.39 is 17.3 Å². The minimum absolute atomic E-state index is 0.0285. The van der Waals surface area contributed by atoms with Crippen molar-refractivity contribution in [2.45, 2.75) is 0 Å². The molecular weight excluding hydrogens is 290 g/mol. The molecule has 2 aromatic heterocycles. The molecule has 102 valence electrons. The van der Waals surface area contributed by atoms with Crippen LogP contribution in [0.3, 0.4) is 0 Å². The van der Waals surface area contributed by atoms with Gasteiger partial charge in [0.15, 0.2) is 0 Å². The Kier molecular flexibility index (Phi) is 2.72. The van der Waals surface area contributed by atoms with Crippen LogP contribution in [0.2, 0.25) is 5.02 Å². The number of nitrogens with zero attached hydrogens (tertiary/aromatic N) is 3. The van der Waals surface area contributed by atoms with Crippen molar-refractivity contribution >= 4 is 23.1 Å². The Bertz CT molecular complexity index is 887. The van der Waals surface area contributed by atoms with Crippen molar-refractivity contribution in [2.75, 3.05) is 5.73 Å². The highest BCUT2D eigenvalue weighted by Gasteiger charge is 2.15. The molecule has 20 heavy (non-hydrogen) atoms. The summed E-state index contributed by atoms with van der Waals surface area (Å²) in [4.78, 5) is 15.8. The van der Waals surface area contributed by atoms with E-state index in [1.165, 1.54) is 18.5 Å². The first-order valence-electron chi connectivity index (χ1n) is 5.48. The van der Waals surface area contributed by atoms with Crippen LogP contribution in [0.1, 0.15) is 0 Å². The molecule has 0 aliphatic heterocycles. The molecule has 0 unspecified atom stereocenters. The van der Waals surface area contributed by atoms with Gasteiger partial charge in [-0.3, -0.25) is 9.20 Å². The largest absolute Gasteiger partial charge is 0.397 e. The van der Waals surface area contributed by atoms with Gasteiger partial charge in [0.05, 0.1) is 22.5 Å². The number of imidazole rings is 1. The third kappa shape index (κ3) is 1.75. The summed E-state index contributed by atoms with van der Waals surface area (Å²) in [5.74, 6) is -1.61. The van der Waals surface area contributed by atoms with Crippen molar-refractivity contribution in [3.63, 3.8) is 0 Å². The zero-order valence-corrected chi connectivity index (χ0v) is 10.6. The van der Waals surface area contributed by atoms with Gasteiger partial charge in [0.25, 0.3) is 5.56 Å². The Hall–Kier alpha value is -2.41. The highest BCUT2D eigenvalue weighted by atomic mass is 35.5. The van der Waals surface area contributed by atoms with Crippen molar-refractivity contribution in [3.8, 4) is 5.69 Å². The summed E-state index contributed by atoms with van der Waals surface area (Å²) in [5, 5.41) is 0.0285. The molecule has 0 saturated carbocycles. The highest BCUT2D eigenvalue weighted by molar-refractivity contribution is 6.33. The second-order valence-electron chi connectivity index (χ2n) is 4.06. The minimum atomic E-state index is -0.791. The van der Waals surface area contributed by atoms with Gasteiger partial charge < -0.3 is 5.73 Å². The van der Waals surface area contributed by atoms with Crippen LogP contribution in [0.15, 0.2) is 35.4 Å². The van der Waals surface area contributed by atoms with Gasteiger partial charge in [-0.05, 0) is 12.1 Å². The first-order valence-corrected chi connectivity index (χ1v) is 5.86. The van der Waals surface area contributed by atoms with Crippen molar-refractivity contribution in [2.24, 2.45) is 0 Å². The third-order valence-electron chi connectivity index (χ3n) is 2.82. The second kappa shape index (κ2) is 4.31. The van der Waals surface area contributed by atoms with Crippen LogP contribution in [0, 0.1) is 11.8 Å². The maximum Gasteiger partial charge on any atom is 0.262 e. The van der Waals surface area contributed by atoms with Gasteiger partial charge in [0.1, 0.15) is 5.82 Å². The number of nitrogen functional groups attached to an aromatic ring is 1. The lowest BCUT2D eigenvalue weighted by molar-refractivity contribution is 0.555. The molecule has 0 aliphatic carbocycles. The van der Waals surface area contributed by atoms with E-state index in [9.17, 15) is 13.6 Å². The van der Waals surface area contributed by atoms with Crippen LogP contribution in [-0.4, -0.2) is 14.0 Å². The number of rotatable bonds is 1. The molecule has 2 N–H and O–H groups in total. The fourth-order valence-electron chi connectivity index (χ4n) is 1.91. The van der Waals surface area contributed by atoms with E-state index in [2.05, 4.69) is 4.98 Å². The van der Waals surface area contributed by atoms with Crippen LogP contribution in [0.25, 0.3) is 11.5 Å². The lowest BCUT2D eigenvalue weighted by atomic mass is 10.2. The Morgan fingerprint density at radius 3 is 2.75 bits per heavy atom. The second-order valence-corrected chi connectivity index (χ2v) is 4.47. The summed E-state index contributed by atoms with van der Waals surface area (Å²) in [7, 11) is 0. The first-order chi connectivity index (χ1) is 9.49. The lowest BCUT2D eigenvalue weighted by Gasteiger charge is -2.10. The molecule has 0 bridgehead atoms. The van der Waals surface area contributed by atoms with Crippen LogP contribution in [0.4, 0.5) is 14.5 Å². The molecule has 0 aliphatic rings. The molecule has 0 saturated heterocycles. The Labute approximate surface area is 115 Å². The summed E-state index contributed by atoms with van der Waals surface area (Å²) in [6.45, 7) is 0. The van der Waals surface area contributed by atoms with Gasteiger partial charge in [-0.2, -0.15) is 4.39 Å². The summed E-state index contributed by atoms with van der Waals surface area (Å²) in [5.41, 5.74) is 4.80. The Balaban J connectivity index is 2.44. The Morgan fingerprint density at radius 1 is 1.25 bits per heavy atom. The van der Waals surface area contributed by atoms with Crippen molar-refractivity contribution in [3.05, 3.63) is 57.7 Å². The molecular formula is C12H7ClF2N4O. The topological polar surface area (TPSA) is 65.3 Å². The third-order valence-corrected chi connectivity index (χ3v) is 3.15. The summed E-state index contributed by atoms with van der Waals surface area (Å²) in [6.07, 6.45) is 2.61. The average Bonchev–Trinajstić information content (AvgIpc) is 2.84. The molecule has 0 atom stereocenters. The maximum atomic E-state index is 14.0. The van der Waals surface area contributed by atoms with E-state index in [0.29, 0.717) is 0 Å². The predicted molar refractivity (Wildman–Crippen MR) is 70.1 cm³/mol. The normalized spacial score (nSPS) is 11.2. The van der Waals surface area contributed by atoms with E-state index in [1.54, 1.807) is 0 Å². The molecule has 3 rings (SSSR count). The molecule has 2 heterocycles. The summed E-state index contributed by atoms with van der Waals surface area (Å²) < 4.78 is 29.5. The first kappa shape index (κ1) is 12.6. The minimum Gasteiger partial charge on any atom is -0.397 e. The number of benzene rings is 1. The maximum absolute atomic E-state index is 14.0. The fraction of sp³-hybridized carbons (Fsp3) is 0. The molecule has 1 aromatic carbocycles. The van der Waals surface area contributed by atoms with Crippen LogP contribution in [-0.2, 0) is 0 Å². The van der Waals surface area contributed by atoms with Gasteiger partial charge in [-0.1, -0.05) is 11.6 Å². The molecule has 0 amide bonds. The summed E-state index contributed by atoms with van der Waals surface area (Å²) in [6, 6.07) is 2.92. The molecule has 0 spiro atoms. The van der Waals surface area contributed by atoms with Crippen LogP contribution < -0.4 is 11.3 Å². The van der Waals surface area contributed by atoms with Gasteiger partial charge in [-0.15, -0.1) is 0 Å². The highest BCUT2D eigenvalue weighted by Crippen LogP contribution is 2.25. The van der Waals surface area contributed by atoms with Crippen molar-refractivity contribution < 1.29 is 8.78 Å². The smallest absolute Gasteiger partial charge is 0.262 e. The van der Waals surface area contributed by atoms with E-state index in [1.807, 2.05) is 0 Å². The average molecular weight is 297 g/mol. The van der Waals surface area contributed by atoms with Crippen LogP contribution in [0.5, 0.6) is 0 Å². The van der Waals surface area contributed by atoms with E-state index in [0.717, 1.165) is 21.1 Å². The number of halogens is 3. The van der Waals surface area contributed by atoms with Gasteiger partial charge in [0, 0.05) is 12.4 Å². The van der Waals surface area contributed by atoms with Crippen LogP contribution >= 0.6 is 11.6 Å². The molecule has 5 nitrogen and oxygen atoms in total. The number of aromatic nitrogens is 3. The quantitative estimate of drug-likeness (QED) is 0.552. The number of hydrogen-bond donors (Lipinski definition) is 1. The number of anilines is 1. The number of hydrogen-bond acceptors (Lipinski definition) is 3. The van der Waals surface area contributed by atoms with Gasteiger partial charge in [-0.25, -0.2) is 13.9 Å². The molecule has 3 aromatic rings. The summed E-state index contributed by atoms with van der Waals surface area (Å²) >= 11 is 5.70. The zero-order valence-electron chi connectivity index (χ0n) is 9.85.